The number of hydrogen-bond donors (Lipinski definition) is 2. The third-order valence-electron chi connectivity index (χ3n) is 1.24. The first-order valence-electron chi connectivity index (χ1n) is 4.49. The molecule has 0 aromatic carbocycles. The molecule has 5 nitrogen and oxygen atoms in total. The van der Waals surface area contributed by atoms with Crippen LogP contribution in [0.4, 0.5) is 4.79 Å². The van der Waals surface area contributed by atoms with Crippen LogP contribution in [0.1, 0.15) is 20.8 Å². The standard InChI is InChI=1S/C9H19NO4/c1-9(2,3)14-8(12)10-5-7(11)6-13-4/h7,11H,5-6H2,1-4H3,(H,10,12). The van der Waals surface area contributed by atoms with Crippen molar-refractivity contribution in [3.05, 3.63) is 0 Å². The van der Waals surface area contributed by atoms with E-state index in [1.54, 1.807) is 20.8 Å². The molecule has 14 heavy (non-hydrogen) atoms. The lowest BCUT2D eigenvalue weighted by molar-refractivity contribution is 0.0398. The van der Waals surface area contributed by atoms with E-state index >= 15 is 0 Å². The molecular formula is C9H19NO4. The van der Waals surface area contributed by atoms with Crippen molar-refractivity contribution in [1.82, 2.24) is 5.32 Å². The van der Waals surface area contributed by atoms with E-state index in [0.717, 1.165) is 0 Å². The number of hydrogen-bond acceptors (Lipinski definition) is 4. The van der Waals surface area contributed by atoms with Crippen LogP contribution in [-0.4, -0.2) is 43.2 Å². The van der Waals surface area contributed by atoms with Crippen molar-refractivity contribution in [3.63, 3.8) is 0 Å². The predicted molar refractivity (Wildman–Crippen MR) is 52.1 cm³/mol. The van der Waals surface area contributed by atoms with Gasteiger partial charge in [-0.05, 0) is 20.8 Å². The van der Waals surface area contributed by atoms with Crippen molar-refractivity contribution in [2.24, 2.45) is 0 Å². The van der Waals surface area contributed by atoms with Gasteiger partial charge in [-0.2, -0.15) is 0 Å². The van der Waals surface area contributed by atoms with Gasteiger partial charge in [0.25, 0.3) is 0 Å². The zero-order valence-electron chi connectivity index (χ0n) is 9.16. The number of aliphatic hydroxyl groups is 1. The van der Waals surface area contributed by atoms with Crippen molar-refractivity contribution in [2.75, 3.05) is 20.3 Å². The molecule has 0 aromatic rings. The van der Waals surface area contributed by atoms with Crippen molar-refractivity contribution in [2.45, 2.75) is 32.5 Å². The van der Waals surface area contributed by atoms with Crippen LogP contribution < -0.4 is 5.32 Å². The van der Waals surface area contributed by atoms with Crippen LogP contribution in [0.5, 0.6) is 0 Å². The van der Waals surface area contributed by atoms with Gasteiger partial charge in [0.05, 0.1) is 12.7 Å². The third-order valence-corrected chi connectivity index (χ3v) is 1.24. The molecule has 0 aliphatic rings. The first-order valence-corrected chi connectivity index (χ1v) is 4.49. The summed E-state index contributed by atoms with van der Waals surface area (Å²) in [6.45, 7) is 5.65. The van der Waals surface area contributed by atoms with Gasteiger partial charge in [-0.1, -0.05) is 0 Å². The molecule has 0 rings (SSSR count). The van der Waals surface area contributed by atoms with E-state index in [0.29, 0.717) is 0 Å². The van der Waals surface area contributed by atoms with Gasteiger partial charge in [0, 0.05) is 13.7 Å². The summed E-state index contributed by atoms with van der Waals surface area (Å²) in [4.78, 5) is 11.1. The molecule has 0 spiro atoms. The van der Waals surface area contributed by atoms with E-state index in [1.807, 2.05) is 0 Å². The van der Waals surface area contributed by atoms with E-state index in [-0.39, 0.29) is 13.2 Å². The first-order chi connectivity index (χ1) is 6.35. The Hall–Kier alpha value is -0.810. The second-order valence-electron chi connectivity index (χ2n) is 3.99. The molecule has 0 radical (unpaired) electrons. The zero-order valence-corrected chi connectivity index (χ0v) is 9.16. The smallest absolute Gasteiger partial charge is 0.407 e. The summed E-state index contributed by atoms with van der Waals surface area (Å²) in [6, 6.07) is 0. The molecule has 5 heteroatoms. The van der Waals surface area contributed by atoms with Crippen LogP contribution >= 0.6 is 0 Å². The molecule has 0 fully saturated rings. The van der Waals surface area contributed by atoms with Crippen LogP contribution in [0.2, 0.25) is 0 Å². The van der Waals surface area contributed by atoms with Gasteiger partial charge in [0.1, 0.15) is 5.60 Å². The molecule has 1 amide bonds. The van der Waals surface area contributed by atoms with Gasteiger partial charge in [-0.15, -0.1) is 0 Å². The summed E-state index contributed by atoms with van der Waals surface area (Å²) in [5, 5.41) is 11.6. The molecular weight excluding hydrogens is 186 g/mol. The Kier molecular flexibility index (Phi) is 5.49. The van der Waals surface area contributed by atoms with Crippen LogP contribution in [0, 0.1) is 0 Å². The monoisotopic (exact) mass is 205 g/mol. The predicted octanol–water partition coefficient (Wildman–Crippen LogP) is 0.518. The van der Waals surface area contributed by atoms with Crippen LogP contribution in [0.3, 0.4) is 0 Å². The van der Waals surface area contributed by atoms with Crippen molar-refractivity contribution >= 4 is 6.09 Å². The van der Waals surface area contributed by atoms with Crippen LogP contribution in [0.25, 0.3) is 0 Å². The molecule has 0 bridgehead atoms. The summed E-state index contributed by atoms with van der Waals surface area (Å²) in [5.74, 6) is 0. The van der Waals surface area contributed by atoms with E-state index in [4.69, 9.17) is 9.47 Å². The average molecular weight is 205 g/mol. The van der Waals surface area contributed by atoms with Gasteiger partial charge >= 0.3 is 6.09 Å². The number of methoxy groups -OCH3 is 1. The minimum absolute atomic E-state index is 0.128. The normalized spacial score (nSPS) is 13.5. The fraction of sp³-hybridized carbons (Fsp3) is 0.889. The second kappa shape index (κ2) is 5.82. The number of ether oxygens (including phenoxy) is 2. The van der Waals surface area contributed by atoms with Crippen LogP contribution in [0.15, 0.2) is 0 Å². The minimum Gasteiger partial charge on any atom is -0.444 e. The number of carbonyl (C=O) groups is 1. The molecule has 1 unspecified atom stereocenters. The molecule has 0 saturated heterocycles. The summed E-state index contributed by atoms with van der Waals surface area (Å²) >= 11 is 0. The molecule has 2 N–H and O–H groups in total. The average Bonchev–Trinajstić information content (AvgIpc) is 1.98. The molecule has 1 atom stereocenters. The molecule has 84 valence electrons. The van der Waals surface area contributed by atoms with E-state index in [2.05, 4.69) is 5.32 Å². The Balaban J connectivity index is 3.64. The summed E-state index contributed by atoms with van der Waals surface area (Å²) < 4.78 is 9.66. The highest BCUT2D eigenvalue weighted by Crippen LogP contribution is 2.06. The number of carbonyl (C=O) groups excluding carboxylic acids is 1. The van der Waals surface area contributed by atoms with Crippen molar-refractivity contribution in [3.8, 4) is 0 Å². The summed E-state index contributed by atoms with van der Waals surface area (Å²) in [6.07, 6.45) is -1.24. The highest BCUT2D eigenvalue weighted by Gasteiger charge is 2.16. The number of alkyl carbamates (subject to hydrolysis) is 1. The molecule has 0 aliphatic heterocycles. The Bertz CT molecular complexity index is 176. The largest absolute Gasteiger partial charge is 0.444 e. The Morgan fingerprint density at radius 1 is 1.50 bits per heavy atom. The van der Waals surface area contributed by atoms with E-state index in [1.165, 1.54) is 7.11 Å². The number of nitrogens with one attached hydrogen (secondary N) is 1. The maximum absolute atomic E-state index is 11.1. The highest BCUT2D eigenvalue weighted by atomic mass is 16.6. The minimum atomic E-state index is -0.701. The van der Waals surface area contributed by atoms with Crippen molar-refractivity contribution < 1.29 is 19.4 Å². The fourth-order valence-corrected chi connectivity index (χ4v) is 0.767. The lowest BCUT2D eigenvalue weighted by Crippen LogP contribution is -2.38. The van der Waals surface area contributed by atoms with Crippen LogP contribution in [-0.2, 0) is 9.47 Å². The van der Waals surface area contributed by atoms with Gasteiger partial charge in [-0.3, -0.25) is 0 Å². The molecule has 0 aromatic heterocycles. The molecule has 0 heterocycles. The van der Waals surface area contributed by atoms with E-state index in [9.17, 15) is 9.90 Å². The first kappa shape index (κ1) is 13.2. The highest BCUT2D eigenvalue weighted by molar-refractivity contribution is 5.67. The lowest BCUT2D eigenvalue weighted by atomic mass is 10.2. The number of aliphatic hydroxyl groups excluding tert-OH is 1. The summed E-state index contributed by atoms with van der Waals surface area (Å²) in [5.41, 5.74) is -0.518. The molecule has 0 saturated carbocycles. The number of rotatable bonds is 4. The maximum Gasteiger partial charge on any atom is 0.407 e. The fourth-order valence-electron chi connectivity index (χ4n) is 0.767. The SMILES string of the molecule is COCC(O)CNC(=O)OC(C)(C)C. The Labute approximate surface area is 84.4 Å². The summed E-state index contributed by atoms with van der Waals surface area (Å²) in [7, 11) is 1.48. The maximum atomic E-state index is 11.1. The van der Waals surface area contributed by atoms with Gasteiger partial charge in [0.2, 0.25) is 0 Å². The van der Waals surface area contributed by atoms with Gasteiger partial charge in [-0.25, -0.2) is 4.79 Å². The quantitative estimate of drug-likeness (QED) is 0.702. The number of amides is 1. The Morgan fingerprint density at radius 3 is 2.50 bits per heavy atom. The van der Waals surface area contributed by atoms with Gasteiger partial charge < -0.3 is 19.9 Å². The topological polar surface area (TPSA) is 67.8 Å². The van der Waals surface area contributed by atoms with E-state index < -0.39 is 17.8 Å². The van der Waals surface area contributed by atoms with Gasteiger partial charge in [0.15, 0.2) is 0 Å². The molecule has 0 aliphatic carbocycles. The zero-order chi connectivity index (χ0) is 11.2. The van der Waals surface area contributed by atoms with Crippen molar-refractivity contribution in [1.29, 1.82) is 0 Å². The Morgan fingerprint density at radius 2 is 2.07 bits per heavy atom. The third kappa shape index (κ3) is 7.82. The lowest BCUT2D eigenvalue weighted by Gasteiger charge is -2.20. The second-order valence-corrected chi connectivity index (χ2v) is 3.99.